The van der Waals surface area contributed by atoms with E-state index in [4.69, 9.17) is 0 Å². The van der Waals surface area contributed by atoms with Crippen molar-refractivity contribution in [2.75, 3.05) is 11.9 Å². The van der Waals surface area contributed by atoms with E-state index < -0.39 is 11.8 Å². The summed E-state index contributed by atoms with van der Waals surface area (Å²) in [4.78, 5) is 23.8. The first-order valence-corrected chi connectivity index (χ1v) is 8.75. The number of hydrogen-bond donors (Lipinski definition) is 2. The van der Waals surface area contributed by atoms with Crippen LogP contribution in [0.5, 0.6) is 0 Å². The monoisotopic (exact) mass is 316 g/mol. The van der Waals surface area contributed by atoms with Crippen molar-refractivity contribution in [3.63, 3.8) is 0 Å². The predicted molar refractivity (Wildman–Crippen MR) is 93.4 cm³/mol. The minimum atomic E-state index is -0.591. The quantitative estimate of drug-likeness (QED) is 0.619. The zero-order valence-corrected chi connectivity index (χ0v) is 14.2. The van der Waals surface area contributed by atoms with Crippen molar-refractivity contribution >= 4 is 17.5 Å². The minimum Gasteiger partial charge on any atom is -0.348 e. The second-order valence-electron chi connectivity index (χ2n) is 6.78. The van der Waals surface area contributed by atoms with Gasteiger partial charge < -0.3 is 10.6 Å². The first-order valence-electron chi connectivity index (χ1n) is 8.75. The Balaban J connectivity index is 1.71. The van der Waals surface area contributed by atoms with Crippen LogP contribution in [0.2, 0.25) is 0 Å². The maximum Gasteiger partial charge on any atom is 0.313 e. The molecule has 0 atom stereocenters. The van der Waals surface area contributed by atoms with Crippen molar-refractivity contribution in [1.29, 1.82) is 0 Å². The Morgan fingerprint density at radius 1 is 1.17 bits per heavy atom. The second-order valence-corrected chi connectivity index (χ2v) is 6.78. The molecular weight excluding hydrogens is 288 g/mol. The molecule has 1 aliphatic rings. The van der Waals surface area contributed by atoms with Crippen molar-refractivity contribution in [3.05, 3.63) is 29.8 Å². The van der Waals surface area contributed by atoms with Crippen molar-refractivity contribution in [2.45, 2.75) is 58.3 Å². The Kier molecular flexibility index (Phi) is 6.63. The lowest BCUT2D eigenvalue weighted by Gasteiger charge is -2.11. The first kappa shape index (κ1) is 17.5. The van der Waals surface area contributed by atoms with Crippen LogP contribution in [0.3, 0.4) is 0 Å². The van der Waals surface area contributed by atoms with Crippen LogP contribution in [0.15, 0.2) is 24.3 Å². The molecule has 0 unspecified atom stereocenters. The number of amides is 2. The van der Waals surface area contributed by atoms with E-state index in [0.29, 0.717) is 18.2 Å². The molecule has 1 aromatic carbocycles. The molecule has 4 heteroatoms. The number of rotatable bonds is 6. The predicted octanol–water partition coefficient (Wildman–Crippen LogP) is 3.84. The van der Waals surface area contributed by atoms with Gasteiger partial charge in [-0.1, -0.05) is 51.7 Å². The summed E-state index contributed by atoms with van der Waals surface area (Å²) in [5.74, 6) is 0.0638. The zero-order valence-electron chi connectivity index (χ0n) is 14.2. The molecule has 4 nitrogen and oxygen atoms in total. The Bertz CT molecular complexity index is 534. The number of nitrogens with one attached hydrogen (secondary N) is 2. The molecule has 0 radical (unpaired) electrons. The molecule has 2 N–H and O–H groups in total. The van der Waals surface area contributed by atoms with Crippen LogP contribution in [0.25, 0.3) is 0 Å². The maximum atomic E-state index is 11.9. The molecular formula is C19H28N2O2. The average Bonchev–Trinajstić information content (AvgIpc) is 3.05. The Morgan fingerprint density at radius 3 is 2.61 bits per heavy atom. The van der Waals surface area contributed by atoms with Crippen LogP contribution in [0.1, 0.15) is 63.9 Å². The number of hydrogen-bond acceptors (Lipinski definition) is 2. The van der Waals surface area contributed by atoms with E-state index in [1.165, 1.54) is 25.7 Å². The summed E-state index contributed by atoms with van der Waals surface area (Å²) in [6.45, 7) is 4.77. The van der Waals surface area contributed by atoms with Gasteiger partial charge in [-0.3, -0.25) is 9.59 Å². The lowest BCUT2D eigenvalue weighted by molar-refractivity contribution is -0.136. The van der Waals surface area contributed by atoms with Crippen molar-refractivity contribution < 1.29 is 9.59 Å². The summed E-state index contributed by atoms with van der Waals surface area (Å²) in [7, 11) is 0. The van der Waals surface area contributed by atoms with Crippen LogP contribution in [-0.4, -0.2) is 18.4 Å². The first-order chi connectivity index (χ1) is 11.1. The number of carbonyl (C=O) groups excluding carboxylic acids is 2. The fourth-order valence-electron chi connectivity index (χ4n) is 3.14. The van der Waals surface area contributed by atoms with Gasteiger partial charge >= 0.3 is 11.8 Å². The van der Waals surface area contributed by atoms with Gasteiger partial charge in [-0.2, -0.15) is 0 Å². The van der Waals surface area contributed by atoms with Gasteiger partial charge in [-0.05, 0) is 42.4 Å². The summed E-state index contributed by atoms with van der Waals surface area (Å²) < 4.78 is 0. The minimum absolute atomic E-state index is 0.385. The van der Waals surface area contributed by atoms with Crippen LogP contribution >= 0.6 is 0 Å². The molecule has 1 aliphatic carbocycles. The van der Waals surface area contributed by atoms with Crippen molar-refractivity contribution in [3.8, 4) is 0 Å². The highest BCUT2D eigenvalue weighted by Crippen LogP contribution is 2.28. The largest absolute Gasteiger partial charge is 0.348 e. The molecule has 1 aromatic rings. The molecule has 0 heterocycles. The van der Waals surface area contributed by atoms with Gasteiger partial charge in [0.1, 0.15) is 0 Å². The fourth-order valence-corrected chi connectivity index (χ4v) is 3.14. The average molecular weight is 316 g/mol. The summed E-state index contributed by atoms with van der Waals surface area (Å²) in [6, 6.07) is 7.63. The maximum absolute atomic E-state index is 11.9. The molecule has 2 amide bonds. The summed E-state index contributed by atoms with van der Waals surface area (Å²) in [6.07, 6.45) is 7.43. The van der Waals surface area contributed by atoms with Gasteiger partial charge in [-0.15, -0.1) is 0 Å². The molecule has 23 heavy (non-hydrogen) atoms. The topological polar surface area (TPSA) is 58.2 Å². The van der Waals surface area contributed by atoms with Gasteiger partial charge in [0.05, 0.1) is 0 Å². The lowest BCUT2D eigenvalue weighted by Crippen LogP contribution is -2.36. The molecule has 0 saturated heterocycles. The molecule has 126 valence electrons. The van der Waals surface area contributed by atoms with Gasteiger partial charge in [-0.25, -0.2) is 0 Å². The van der Waals surface area contributed by atoms with Crippen LogP contribution in [0.4, 0.5) is 5.69 Å². The Hall–Kier alpha value is -1.84. The number of benzene rings is 1. The SMILES string of the molecule is CC(C)c1cccc(NC(=O)C(=O)NCCCC2CCCC2)c1. The van der Waals surface area contributed by atoms with Crippen LogP contribution in [0, 0.1) is 5.92 Å². The molecule has 1 saturated carbocycles. The van der Waals surface area contributed by atoms with Crippen LogP contribution < -0.4 is 10.6 Å². The summed E-state index contributed by atoms with van der Waals surface area (Å²) in [5.41, 5.74) is 1.81. The van der Waals surface area contributed by atoms with Gasteiger partial charge in [0.15, 0.2) is 0 Å². The van der Waals surface area contributed by atoms with Gasteiger partial charge in [0.2, 0.25) is 0 Å². The molecule has 2 rings (SSSR count). The standard InChI is InChI=1S/C19H28N2O2/c1-14(2)16-10-5-11-17(13-16)21-19(23)18(22)20-12-6-9-15-7-3-4-8-15/h5,10-11,13-15H,3-4,6-9,12H2,1-2H3,(H,20,22)(H,21,23). The fraction of sp³-hybridized carbons (Fsp3) is 0.579. The van der Waals surface area contributed by atoms with Gasteiger partial charge in [0, 0.05) is 12.2 Å². The van der Waals surface area contributed by atoms with E-state index in [-0.39, 0.29) is 0 Å². The normalized spacial score (nSPS) is 14.9. The molecule has 1 fully saturated rings. The van der Waals surface area contributed by atoms with E-state index in [9.17, 15) is 9.59 Å². The molecule has 0 aliphatic heterocycles. The van der Waals surface area contributed by atoms with E-state index in [1.807, 2.05) is 18.2 Å². The van der Waals surface area contributed by atoms with E-state index in [1.54, 1.807) is 6.07 Å². The van der Waals surface area contributed by atoms with E-state index in [0.717, 1.165) is 24.3 Å². The molecule has 0 aromatic heterocycles. The van der Waals surface area contributed by atoms with Crippen molar-refractivity contribution in [1.82, 2.24) is 5.32 Å². The second kappa shape index (κ2) is 8.70. The third-order valence-electron chi connectivity index (χ3n) is 4.57. The number of anilines is 1. The van der Waals surface area contributed by atoms with Gasteiger partial charge in [0.25, 0.3) is 0 Å². The number of carbonyl (C=O) groups is 2. The summed E-state index contributed by atoms with van der Waals surface area (Å²) in [5, 5.41) is 5.38. The lowest BCUT2D eigenvalue weighted by atomic mass is 10.0. The summed E-state index contributed by atoms with van der Waals surface area (Å²) >= 11 is 0. The Labute approximate surface area is 139 Å². The highest BCUT2D eigenvalue weighted by molar-refractivity contribution is 6.39. The Morgan fingerprint density at radius 2 is 1.91 bits per heavy atom. The molecule has 0 bridgehead atoms. The highest BCUT2D eigenvalue weighted by Gasteiger charge is 2.16. The zero-order chi connectivity index (χ0) is 16.7. The van der Waals surface area contributed by atoms with E-state index in [2.05, 4.69) is 24.5 Å². The molecule has 0 spiro atoms. The highest BCUT2D eigenvalue weighted by atomic mass is 16.2. The third-order valence-corrected chi connectivity index (χ3v) is 4.57. The van der Waals surface area contributed by atoms with E-state index >= 15 is 0 Å². The third kappa shape index (κ3) is 5.70. The van der Waals surface area contributed by atoms with Crippen LogP contribution in [-0.2, 0) is 9.59 Å². The smallest absolute Gasteiger partial charge is 0.313 e. The van der Waals surface area contributed by atoms with Crippen molar-refractivity contribution in [2.24, 2.45) is 5.92 Å².